The Bertz CT molecular complexity index is 1140. The molecular formula is C23H21ClF3N3O6. The number of alkyl halides is 4. The van der Waals surface area contributed by atoms with Crippen LogP contribution in [0.25, 0.3) is 0 Å². The highest BCUT2D eigenvalue weighted by Gasteiger charge is 2.52. The zero-order valence-corrected chi connectivity index (χ0v) is 19.9. The van der Waals surface area contributed by atoms with Gasteiger partial charge in [0.15, 0.2) is 5.78 Å². The van der Waals surface area contributed by atoms with Crippen LogP contribution < -0.4 is 5.32 Å². The summed E-state index contributed by atoms with van der Waals surface area (Å²) in [6.07, 6.45) is -4.78. The molecule has 2 rings (SSSR count). The van der Waals surface area contributed by atoms with Gasteiger partial charge in [-0.1, -0.05) is 30.3 Å². The number of esters is 2. The highest BCUT2D eigenvalue weighted by atomic mass is 35.5. The van der Waals surface area contributed by atoms with Crippen molar-refractivity contribution in [2.75, 3.05) is 19.1 Å². The minimum absolute atomic E-state index is 0.0470. The summed E-state index contributed by atoms with van der Waals surface area (Å²) in [7, 11) is 0. The van der Waals surface area contributed by atoms with E-state index < -0.39 is 58.2 Å². The molecule has 36 heavy (non-hydrogen) atoms. The fourth-order valence-electron chi connectivity index (χ4n) is 2.85. The zero-order chi connectivity index (χ0) is 26.9. The molecule has 0 radical (unpaired) electrons. The first-order valence-corrected chi connectivity index (χ1v) is 11.0. The molecule has 0 aliphatic carbocycles. The number of nitrogens with one attached hydrogen (secondary N) is 1. The van der Waals surface area contributed by atoms with Gasteiger partial charge in [-0.05, 0) is 32.0 Å². The molecule has 0 aliphatic rings. The van der Waals surface area contributed by atoms with E-state index in [0.29, 0.717) is 12.1 Å². The summed E-state index contributed by atoms with van der Waals surface area (Å²) in [5.41, 5.74) is -4.91. The molecule has 0 aromatic heterocycles. The molecule has 9 nitrogen and oxygen atoms in total. The Hall–Kier alpha value is -3.80. The zero-order valence-electron chi connectivity index (χ0n) is 19.1. The third-order valence-electron chi connectivity index (χ3n) is 4.50. The minimum atomic E-state index is -4.78. The summed E-state index contributed by atoms with van der Waals surface area (Å²) in [4.78, 5) is 50.5. The second kappa shape index (κ2) is 12.2. The lowest BCUT2D eigenvalue weighted by Gasteiger charge is -2.24. The topological polar surface area (TPSA) is 123 Å². The van der Waals surface area contributed by atoms with E-state index in [1.807, 2.05) is 5.32 Å². The molecule has 0 atom stereocenters. The summed E-state index contributed by atoms with van der Waals surface area (Å²) >= 11 is 5.49. The fourth-order valence-corrected chi connectivity index (χ4v) is 2.92. The van der Waals surface area contributed by atoms with Crippen LogP contribution in [0.15, 0.2) is 58.8 Å². The average Bonchev–Trinajstić information content (AvgIpc) is 2.86. The van der Waals surface area contributed by atoms with Gasteiger partial charge in [0.05, 0.1) is 30.0 Å². The van der Waals surface area contributed by atoms with Crippen LogP contribution in [0, 0.1) is 0 Å². The molecule has 0 saturated carbocycles. The van der Waals surface area contributed by atoms with Crippen molar-refractivity contribution in [3.8, 4) is 0 Å². The van der Waals surface area contributed by atoms with Gasteiger partial charge in [-0.3, -0.25) is 9.59 Å². The predicted octanol–water partition coefficient (Wildman–Crippen LogP) is 4.20. The number of nitrogens with zero attached hydrogens (tertiary/aromatic N) is 2. The summed E-state index contributed by atoms with van der Waals surface area (Å²) in [6, 6.07) is 9.44. The van der Waals surface area contributed by atoms with E-state index in [0.717, 1.165) is 6.07 Å². The molecule has 1 amide bonds. The summed E-state index contributed by atoms with van der Waals surface area (Å²) in [5.74, 6) is -5.31. The van der Waals surface area contributed by atoms with Crippen LogP contribution in [0.4, 0.5) is 18.9 Å². The van der Waals surface area contributed by atoms with Crippen LogP contribution in [0.3, 0.4) is 0 Å². The van der Waals surface area contributed by atoms with E-state index in [9.17, 15) is 32.3 Å². The third-order valence-corrected chi connectivity index (χ3v) is 4.74. The van der Waals surface area contributed by atoms with Crippen molar-refractivity contribution < 1.29 is 41.8 Å². The average molecular weight is 528 g/mol. The molecule has 0 unspecified atom stereocenters. The second-order valence-electron chi connectivity index (χ2n) is 6.96. The monoisotopic (exact) mass is 527 g/mol. The van der Waals surface area contributed by atoms with Crippen molar-refractivity contribution in [1.29, 1.82) is 0 Å². The van der Waals surface area contributed by atoms with Gasteiger partial charge in [-0.15, -0.1) is 16.7 Å². The molecule has 0 heterocycles. The van der Waals surface area contributed by atoms with E-state index in [4.69, 9.17) is 21.1 Å². The lowest BCUT2D eigenvalue weighted by molar-refractivity contribution is -0.167. The Morgan fingerprint density at radius 1 is 0.944 bits per heavy atom. The van der Waals surface area contributed by atoms with Crippen molar-refractivity contribution in [2.45, 2.75) is 25.7 Å². The number of carbonyl (C=O) groups excluding carboxylic acids is 4. The SMILES string of the molecule is CCOC(=O)C(N=Nc1ccc(C(F)(F)F)cc1C(=O)c1ccccc1)(NC(=O)CCl)C(=O)OCC. The number of carbonyl (C=O) groups is 4. The van der Waals surface area contributed by atoms with E-state index >= 15 is 0 Å². The van der Waals surface area contributed by atoms with E-state index in [1.54, 1.807) is 6.07 Å². The number of hydrogen-bond acceptors (Lipinski definition) is 8. The number of benzene rings is 2. The maximum atomic E-state index is 13.4. The Kier molecular flexibility index (Phi) is 9.68. The molecule has 2 aromatic carbocycles. The molecule has 1 N–H and O–H groups in total. The molecule has 0 saturated heterocycles. The Morgan fingerprint density at radius 2 is 1.53 bits per heavy atom. The number of hydrogen-bond donors (Lipinski definition) is 1. The quantitative estimate of drug-likeness (QED) is 0.162. The highest BCUT2D eigenvalue weighted by molar-refractivity contribution is 6.28. The van der Waals surface area contributed by atoms with Crippen molar-refractivity contribution in [3.63, 3.8) is 0 Å². The lowest BCUT2D eigenvalue weighted by atomic mass is 9.99. The van der Waals surface area contributed by atoms with Gasteiger partial charge in [0, 0.05) is 5.56 Å². The smallest absolute Gasteiger partial charge is 0.416 e. The number of ether oxygens (including phenoxy) is 2. The van der Waals surface area contributed by atoms with Crippen molar-refractivity contribution in [3.05, 3.63) is 65.2 Å². The maximum absolute atomic E-state index is 13.4. The predicted molar refractivity (Wildman–Crippen MR) is 121 cm³/mol. The van der Waals surface area contributed by atoms with Crippen molar-refractivity contribution in [1.82, 2.24) is 5.32 Å². The molecule has 0 fully saturated rings. The van der Waals surface area contributed by atoms with E-state index in [2.05, 4.69) is 10.2 Å². The molecule has 2 aromatic rings. The van der Waals surface area contributed by atoms with Gasteiger partial charge in [-0.2, -0.15) is 18.3 Å². The van der Waals surface area contributed by atoms with Crippen molar-refractivity contribution in [2.24, 2.45) is 10.2 Å². The number of amides is 1. The standard InChI is InChI=1S/C23H21ClF3N3O6/c1-3-35-20(33)22(21(34)36-4-2,28-18(31)13-24)30-29-17-11-10-15(23(25,26)27)12-16(17)19(32)14-8-6-5-7-9-14/h5-12H,3-4,13H2,1-2H3,(H,28,31). The van der Waals surface area contributed by atoms with Gasteiger partial charge in [0.2, 0.25) is 5.91 Å². The van der Waals surface area contributed by atoms with Gasteiger partial charge >= 0.3 is 23.8 Å². The molecule has 0 aliphatic heterocycles. The summed E-state index contributed by atoms with van der Waals surface area (Å²) in [6.45, 7) is 2.37. The number of rotatable bonds is 10. The fraction of sp³-hybridized carbons (Fsp3) is 0.304. The molecule has 0 bridgehead atoms. The normalized spacial score (nSPS) is 11.7. The highest BCUT2D eigenvalue weighted by Crippen LogP contribution is 2.34. The number of ketones is 1. The first kappa shape index (κ1) is 28.4. The maximum Gasteiger partial charge on any atom is 0.416 e. The van der Waals surface area contributed by atoms with Crippen LogP contribution in [-0.4, -0.2) is 48.4 Å². The minimum Gasteiger partial charge on any atom is -0.462 e. The Balaban J connectivity index is 2.72. The molecule has 192 valence electrons. The van der Waals surface area contributed by atoms with Crippen LogP contribution in [0.1, 0.15) is 35.3 Å². The first-order chi connectivity index (χ1) is 17.0. The summed E-state index contributed by atoms with van der Waals surface area (Å²) in [5, 5.41) is 9.34. The van der Waals surface area contributed by atoms with E-state index in [1.165, 1.54) is 38.1 Å². The largest absolute Gasteiger partial charge is 0.462 e. The summed E-state index contributed by atoms with van der Waals surface area (Å²) < 4.78 is 49.8. The Labute approximate surface area is 208 Å². The van der Waals surface area contributed by atoms with Gasteiger partial charge in [-0.25, -0.2) is 9.59 Å². The van der Waals surface area contributed by atoms with Crippen molar-refractivity contribution >= 4 is 40.9 Å². The van der Waals surface area contributed by atoms with Gasteiger partial charge < -0.3 is 14.8 Å². The van der Waals surface area contributed by atoms with E-state index in [-0.39, 0.29) is 18.8 Å². The third kappa shape index (κ3) is 6.66. The van der Waals surface area contributed by atoms with Gasteiger partial charge in [0.1, 0.15) is 5.88 Å². The van der Waals surface area contributed by atoms with Crippen LogP contribution in [-0.2, 0) is 30.0 Å². The lowest BCUT2D eigenvalue weighted by Crippen LogP contribution is -2.60. The Morgan fingerprint density at radius 3 is 2.03 bits per heavy atom. The number of halogens is 4. The molecular weight excluding hydrogens is 507 g/mol. The first-order valence-electron chi connectivity index (χ1n) is 10.5. The van der Waals surface area contributed by atoms with Crippen LogP contribution >= 0.6 is 11.6 Å². The molecule has 0 spiro atoms. The number of azo groups is 1. The van der Waals surface area contributed by atoms with Crippen LogP contribution in [0.5, 0.6) is 0 Å². The van der Waals surface area contributed by atoms with Gasteiger partial charge in [0.25, 0.3) is 0 Å². The van der Waals surface area contributed by atoms with Crippen LogP contribution in [0.2, 0.25) is 0 Å². The molecule has 13 heteroatoms. The second-order valence-corrected chi connectivity index (χ2v) is 7.23.